The zero-order valence-electron chi connectivity index (χ0n) is 10.2. The summed E-state index contributed by atoms with van der Waals surface area (Å²) in [5, 5.41) is 5.71. The van der Waals surface area contributed by atoms with E-state index in [1.54, 1.807) is 19.5 Å². The molecule has 0 radical (unpaired) electrons. The molecule has 1 heterocycles. The van der Waals surface area contributed by atoms with E-state index < -0.39 is 0 Å². The standard InChI is InChI=1S/C11H18N4O2/c1-9-7-14-11(15-8-9)13-4-3-10(16)12-5-6-17-2/h7-8H,3-6H2,1-2H3,(H,12,16)(H,13,14,15). The van der Waals surface area contributed by atoms with Crippen LogP contribution in [-0.4, -0.2) is 42.7 Å². The van der Waals surface area contributed by atoms with Crippen LogP contribution in [0.3, 0.4) is 0 Å². The molecule has 0 spiro atoms. The molecule has 2 N–H and O–H groups in total. The normalized spacial score (nSPS) is 10.0. The number of ether oxygens (including phenoxy) is 1. The number of hydrogen-bond acceptors (Lipinski definition) is 5. The molecule has 0 saturated heterocycles. The number of carbonyl (C=O) groups excluding carboxylic acids is 1. The lowest BCUT2D eigenvalue weighted by atomic mass is 10.4. The van der Waals surface area contributed by atoms with Crippen LogP contribution in [0.2, 0.25) is 0 Å². The zero-order chi connectivity index (χ0) is 12.5. The summed E-state index contributed by atoms with van der Waals surface area (Å²) in [6.45, 7) is 3.51. The van der Waals surface area contributed by atoms with Crippen LogP contribution in [0.25, 0.3) is 0 Å². The number of carbonyl (C=O) groups is 1. The van der Waals surface area contributed by atoms with Gasteiger partial charge in [0.05, 0.1) is 6.61 Å². The van der Waals surface area contributed by atoms with Crippen LogP contribution in [0, 0.1) is 6.92 Å². The number of amides is 1. The fraction of sp³-hybridized carbons (Fsp3) is 0.545. The smallest absolute Gasteiger partial charge is 0.222 e. The minimum atomic E-state index is -0.0124. The second kappa shape index (κ2) is 7.56. The number of nitrogens with zero attached hydrogens (tertiary/aromatic N) is 2. The van der Waals surface area contributed by atoms with Crippen molar-refractivity contribution in [3.8, 4) is 0 Å². The molecule has 94 valence electrons. The number of hydrogen-bond donors (Lipinski definition) is 2. The van der Waals surface area contributed by atoms with Gasteiger partial charge < -0.3 is 15.4 Å². The monoisotopic (exact) mass is 238 g/mol. The SMILES string of the molecule is COCCNC(=O)CCNc1ncc(C)cn1. The van der Waals surface area contributed by atoms with Crippen molar-refractivity contribution >= 4 is 11.9 Å². The number of rotatable bonds is 7. The molecule has 0 saturated carbocycles. The van der Waals surface area contributed by atoms with Gasteiger partial charge in [0.15, 0.2) is 0 Å². The minimum Gasteiger partial charge on any atom is -0.383 e. The maximum Gasteiger partial charge on any atom is 0.222 e. The summed E-state index contributed by atoms with van der Waals surface area (Å²) in [5.74, 6) is 0.530. The number of nitrogens with one attached hydrogen (secondary N) is 2. The molecule has 1 aromatic heterocycles. The largest absolute Gasteiger partial charge is 0.383 e. The van der Waals surface area contributed by atoms with Crippen molar-refractivity contribution < 1.29 is 9.53 Å². The van der Waals surface area contributed by atoms with Gasteiger partial charge in [-0.3, -0.25) is 4.79 Å². The van der Waals surface area contributed by atoms with Crippen molar-refractivity contribution in [3.63, 3.8) is 0 Å². The molecule has 0 atom stereocenters. The molecule has 1 rings (SSSR count). The molecular weight excluding hydrogens is 220 g/mol. The number of methoxy groups -OCH3 is 1. The topological polar surface area (TPSA) is 76.1 Å². The van der Waals surface area contributed by atoms with E-state index >= 15 is 0 Å². The number of aromatic nitrogens is 2. The molecule has 0 bridgehead atoms. The van der Waals surface area contributed by atoms with Gasteiger partial charge in [-0.1, -0.05) is 0 Å². The summed E-state index contributed by atoms with van der Waals surface area (Å²) < 4.78 is 4.83. The molecule has 1 amide bonds. The molecule has 0 aliphatic rings. The Balaban J connectivity index is 2.14. The van der Waals surface area contributed by atoms with Gasteiger partial charge in [-0.2, -0.15) is 0 Å². The second-order valence-electron chi connectivity index (χ2n) is 3.60. The van der Waals surface area contributed by atoms with Crippen molar-refractivity contribution in [2.75, 3.05) is 32.1 Å². The average molecular weight is 238 g/mol. The van der Waals surface area contributed by atoms with Crippen molar-refractivity contribution in [1.29, 1.82) is 0 Å². The Kier molecular flexibility index (Phi) is 5.95. The summed E-state index contributed by atoms with van der Waals surface area (Å²) in [6.07, 6.45) is 3.85. The molecule has 0 aliphatic heterocycles. The lowest BCUT2D eigenvalue weighted by Crippen LogP contribution is -2.28. The van der Waals surface area contributed by atoms with Crippen LogP contribution in [0.15, 0.2) is 12.4 Å². The second-order valence-corrected chi connectivity index (χ2v) is 3.60. The summed E-state index contributed by atoms with van der Waals surface area (Å²) in [7, 11) is 1.60. The fourth-order valence-electron chi connectivity index (χ4n) is 1.15. The van der Waals surface area contributed by atoms with Crippen LogP contribution < -0.4 is 10.6 Å². The van der Waals surface area contributed by atoms with Crippen molar-refractivity contribution in [1.82, 2.24) is 15.3 Å². The highest BCUT2D eigenvalue weighted by Gasteiger charge is 2.00. The third-order valence-electron chi connectivity index (χ3n) is 2.04. The maximum absolute atomic E-state index is 11.3. The Labute approximate surface area is 101 Å². The quantitative estimate of drug-likeness (QED) is 0.670. The Morgan fingerprint density at radius 1 is 1.35 bits per heavy atom. The van der Waals surface area contributed by atoms with Gasteiger partial charge in [0, 0.05) is 39.0 Å². The van der Waals surface area contributed by atoms with E-state index in [0.29, 0.717) is 32.1 Å². The summed E-state index contributed by atoms with van der Waals surface area (Å²) in [6, 6.07) is 0. The van der Waals surface area contributed by atoms with Crippen LogP contribution in [0.4, 0.5) is 5.95 Å². The van der Waals surface area contributed by atoms with Gasteiger partial charge in [-0.15, -0.1) is 0 Å². The van der Waals surface area contributed by atoms with E-state index in [-0.39, 0.29) is 5.91 Å². The zero-order valence-corrected chi connectivity index (χ0v) is 10.2. The Morgan fingerprint density at radius 3 is 2.71 bits per heavy atom. The van der Waals surface area contributed by atoms with Crippen molar-refractivity contribution in [2.45, 2.75) is 13.3 Å². The molecule has 6 nitrogen and oxygen atoms in total. The van der Waals surface area contributed by atoms with Gasteiger partial charge in [0.1, 0.15) is 0 Å². The fourth-order valence-corrected chi connectivity index (χ4v) is 1.15. The van der Waals surface area contributed by atoms with Crippen molar-refractivity contribution in [3.05, 3.63) is 18.0 Å². The summed E-state index contributed by atoms with van der Waals surface area (Å²) in [4.78, 5) is 19.5. The molecule has 17 heavy (non-hydrogen) atoms. The first-order valence-electron chi connectivity index (χ1n) is 5.50. The Morgan fingerprint density at radius 2 is 2.06 bits per heavy atom. The average Bonchev–Trinajstić information content (AvgIpc) is 2.32. The van der Waals surface area contributed by atoms with Crippen molar-refractivity contribution in [2.24, 2.45) is 0 Å². The number of anilines is 1. The highest BCUT2D eigenvalue weighted by molar-refractivity contribution is 5.76. The van der Waals surface area contributed by atoms with Crippen LogP contribution in [0.5, 0.6) is 0 Å². The molecule has 0 aromatic carbocycles. The lowest BCUT2D eigenvalue weighted by Gasteiger charge is -2.05. The lowest BCUT2D eigenvalue weighted by molar-refractivity contribution is -0.121. The predicted molar refractivity (Wildman–Crippen MR) is 64.8 cm³/mol. The predicted octanol–water partition coefficient (Wildman–Crippen LogP) is 0.350. The third kappa shape index (κ3) is 5.82. The molecule has 1 aromatic rings. The number of aryl methyl sites for hydroxylation is 1. The molecular formula is C11H18N4O2. The Bertz CT molecular complexity index is 340. The van der Waals surface area contributed by atoms with E-state index in [2.05, 4.69) is 20.6 Å². The molecule has 0 unspecified atom stereocenters. The van der Waals surface area contributed by atoms with Crippen LogP contribution in [-0.2, 0) is 9.53 Å². The first kappa shape index (κ1) is 13.4. The van der Waals surface area contributed by atoms with E-state index in [0.717, 1.165) is 5.56 Å². The van der Waals surface area contributed by atoms with E-state index in [1.807, 2.05) is 6.92 Å². The Hall–Kier alpha value is -1.69. The maximum atomic E-state index is 11.3. The van der Waals surface area contributed by atoms with Gasteiger partial charge in [0.2, 0.25) is 11.9 Å². The van der Waals surface area contributed by atoms with E-state index in [9.17, 15) is 4.79 Å². The molecule has 0 fully saturated rings. The van der Waals surface area contributed by atoms with E-state index in [4.69, 9.17) is 4.74 Å². The van der Waals surface area contributed by atoms with E-state index in [1.165, 1.54) is 0 Å². The van der Waals surface area contributed by atoms with Crippen LogP contribution >= 0.6 is 0 Å². The van der Waals surface area contributed by atoms with Gasteiger partial charge >= 0.3 is 0 Å². The highest BCUT2D eigenvalue weighted by Crippen LogP contribution is 1.98. The third-order valence-corrected chi connectivity index (χ3v) is 2.04. The molecule has 6 heteroatoms. The van der Waals surface area contributed by atoms with Crippen LogP contribution in [0.1, 0.15) is 12.0 Å². The van der Waals surface area contributed by atoms with Gasteiger partial charge in [-0.05, 0) is 12.5 Å². The molecule has 0 aliphatic carbocycles. The first-order valence-corrected chi connectivity index (χ1v) is 5.50. The van der Waals surface area contributed by atoms with Gasteiger partial charge in [0.25, 0.3) is 0 Å². The summed E-state index contributed by atoms with van der Waals surface area (Å²) >= 11 is 0. The minimum absolute atomic E-state index is 0.0124. The summed E-state index contributed by atoms with van der Waals surface area (Å²) in [5.41, 5.74) is 1.01. The van der Waals surface area contributed by atoms with Gasteiger partial charge in [-0.25, -0.2) is 9.97 Å². The first-order chi connectivity index (χ1) is 8.22. The highest BCUT2D eigenvalue weighted by atomic mass is 16.5.